The Balaban J connectivity index is 1.87. The molecule has 1 fully saturated rings. The molecular formula is C11H16O3. The van der Waals surface area contributed by atoms with Crippen molar-refractivity contribution in [2.75, 3.05) is 20.3 Å². The van der Waals surface area contributed by atoms with Crippen LogP contribution in [0.3, 0.4) is 0 Å². The Labute approximate surface area is 84.3 Å². The fourth-order valence-electron chi connectivity index (χ4n) is 1.75. The summed E-state index contributed by atoms with van der Waals surface area (Å²) in [4.78, 5) is 0. The van der Waals surface area contributed by atoms with Gasteiger partial charge in [-0.1, -0.05) is 24.3 Å². The molecule has 0 bridgehead atoms. The molecule has 0 amide bonds. The van der Waals surface area contributed by atoms with Gasteiger partial charge in [0.25, 0.3) is 0 Å². The molecule has 0 unspecified atom stereocenters. The van der Waals surface area contributed by atoms with Crippen LogP contribution in [0.1, 0.15) is 6.42 Å². The lowest BCUT2D eigenvalue weighted by molar-refractivity contribution is -0.230. The summed E-state index contributed by atoms with van der Waals surface area (Å²) in [6.07, 6.45) is 9.22. The number of rotatable bonds is 3. The summed E-state index contributed by atoms with van der Waals surface area (Å²) in [5.74, 6) is 0.273. The van der Waals surface area contributed by atoms with E-state index in [1.165, 1.54) is 0 Å². The van der Waals surface area contributed by atoms with E-state index in [0.29, 0.717) is 6.61 Å². The van der Waals surface area contributed by atoms with E-state index in [2.05, 4.69) is 12.2 Å². The van der Waals surface area contributed by atoms with Crippen molar-refractivity contribution in [1.29, 1.82) is 0 Å². The number of allylic oxidation sites excluding steroid dienone is 2. The number of hydrogen-bond donors (Lipinski definition) is 0. The fourth-order valence-corrected chi connectivity index (χ4v) is 1.75. The maximum absolute atomic E-state index is 5.76. The van der Waals surface area contributed by atoms with E-state index in [-0.39, 0.29) is 18.3 Å². The molecule has 14 heavy (non-hydrogen) atoms. The molecule has 2 aliphatic rings. The Kier molecular flexibility index (Phi) is 3.35. The highest BCUT2D eigenvalue weighted by Gasteiger charge is 2.27. The molecule has 1 aliphatic carbocycles. The number of hydrogen-bond acceptors (Lipinski definition) is 3. The Morgan fingerprint density at radius 2 is 2.14 bits per heavy atom. The van der Waals surface area contributed by atoms with Crippen molar-refractivity contribution in [2.45, 2.75) is 18.8 Å². The lowest BCUT2D eigenvalue weighted by atomic mass is 10.1. The van der Waals surface area contributed by atoms with Crippen LogP contribution in [-0.4, -0.2) is 32.7 Å². The van der Waals surface area contributed by atoms with Crippen molar-refractivity contribution in [3.8, 4) is 0 Å². The van der Waals surface area contributed by atoms with Gasteiger partial charge in [-0.2, -0.15) is 0 Å². The molecule has 0 N–H and O–H groups in total. The average Bonchev–Trinajstić information content (AvgIpc) is 2.71. The van der Waals surface area contributed by atoms with E-state index in [4.69, 9.17) is 14.2 Å². The van der Waals surface area contributed by atoms with E-state index < -0.39 is 0 Å². The van der Waals surface area contributed by atoms with Crippen LogP contribution in [0.2, 0.25) is 0 Å². The van der Waals surface area contributed by atoms with Crippen LogP contribution >= 0.6 is 0 Å². The van der Waals surface area contributed by atoms with Crippen molar-refractivity contribution < 1.29 is 14.2 Å². The van der Waals surface area contributed by atoms with Crippen LogP contribution in [0.25, 0.3) is 0 Å². The zero-order valence-corrected chi connectivity index (χ0v) is 8.39. The van der Waals surface area contributed by atoms with Gasteiger partial charge in [-0.15, -0.1) is 0 Å². The minimum absolute atomic E-state index is 0.126. The van der Waals surface area contributed by atoms with E-state index in [0.717, 1.165) is 13.0 Å². The molecule has 2 rings (SSSR count). The normalized spacial score (nSPS) is 32.6. The Morgan fingerprint density at radius 1 is 1.36 bits per heavy atom. The van der Waals surface area contributed by atoms with Gasteiger partial charge in [-0.3, -0.25) is 0 Å². The molecule has 1 saturated heterocycles. The summed E-state index contributed by atoms with van der Waals surface area (Å²) in [5.41, 5.74) is 0. The van der Waals surface area contributed by atoms with Gasteiger partial charge in [0.15, 0.2) is 6.29 Å². The third-order valence-corrected chi connectivity index (χ3v) is 2.49. The van der Waals surface area contributed by atoms with Gasteiger partial charge in [0.05, 0.1) is 19.3 Å². The highest BCUT2D eigenvalue weighted by molar-refractivity contribution is 5.18. The second-order valence-corrected chi connectivity index (χ2v) is 3.59. The Hall–Kier alpha value is -0.640. The van der Waals surface area contributed by atoms with Gasteiger partial charge in [0.1, 0.15) is 0 Å². The number of methoxy groups -OCH3 is 1. The van der Waals surface area contributed by atoms with Crippen LogP contribution < -0.4 is 0 Å². The monoisotopic (exact) mass is 196 g/mol. The van der Waals surface area contributed by atoms with E-state index in [1.807, 2.05) is 12.2 Å². The second-order valence-electron chi connectivity index (χ2n) is 3.59. The molecule has 0 saturated carbocycles. The van der Waals surface area contributed by atoms with Crippen molar-refractivity contribution in [2.24, 2.45) is 5.92 Å². The van der Waals surface area contributed by atoms with Gasteiger partial charge >= 0.3 is 0 Å². The summed E-state index contributed by atoms with van der Waals surface area (Å²) in [7, 11) is 1.70. The van der Waals surface area contributed by atoms with Crippen molar-refractivity contribution >= 4 is 0 Å². The first-order chi connectivity index (χ1) is 6.90. The first-order valence-electron chi connectivity index (χ1n) is 5.01. The molecule has 0 aromatic carbocycles. The van der Waals surface area contributed by atoms with Crippen molar-refractivity contribution in [1.82, 2.24) is 0 Å². The molecule has 3 heteroatoms. The minimum atomic E-state index is -0.126. The minimum Gasteiger partial charge on any atom is -0.382 e. The SMILES string of the molecule is COC[C@@H]1CCO[C@H](C2C=CC=C2)O1. The van der Waals surface area contributed by atoms with Crippen molar-refractivity contribution in [3.63, 3.8) is 0 Å². The molecule has 1 aliphatic heterocycles. The lowest BCUT2D eigenvalue weighted by Crippen LogP contribution is -2.38. The third-order valence-electron chi connectivity index (χ3n) is 2.49. The van der Waals surface area contributed by atoms with Gasteiger partial charge in [0, 0.05) is 13.0 Å². The summed E-state index contributed by atoms with van der Waals surface area (Å²) < 4.78 is 16.4. The molecule has 2 atom stereocenters. The largest absolute Gasteiger partial charge is 0.382 e. The van der Waals surface area contributed by atoms with Crippen LogP contribution in [0, 0.1) is 5.92 Å². The predicted molar refractivity (Wildman–Crippen MR) is 52.9 cm³/mol. The Morgan fingerprint density at radius 3 is 2.86 bits per heavy atom. The summed E-state index contributed by atoms with van der Waals surface area (Å²) >= 11 is 0. The van der Waals surface area contributed by atoms with Crippen LogP contribution in [0.5, 0.6) is 0 Å². The maximum atomic E-state index is 5.76. The maximum Gasteiger partial charge on any atom is 0.167 e. The van der Waals surface area contributed by atoms with Gasteiger partial charge < -0.3 is 14.2 Å². The fraction of sp³-hybridized carbons (Fsp3) is 0.636. The Bertz CT molecular complexity index is 221. The van der Waals surface area contributed by atoms with Crippen LogP contribution in [-0.2, 0) is 14.2 Å². The van der Waals surface area contributed by atoms with E-state index in [1.54, 1.807) is 7.11 Å². The quantitative estimate of drug-likeness (QED) is 0.684. The molecule has 0 spiro atoms. The highest BCUT2D eigenvalue weighted by atomic mass is 16.7. The third kappa shape index (κ3) is 2.23. The number of ether oxygens (including phenoxy) is 3. The second kappa shape index (κ2) is 4.73. The van der Waals surface area contributed by atoms with Crippen LogP contribution in [0.4, 0.5) is 0 Å². The van der Waals surface area contributed by atoms with Crippen molar-refractivity contribution in [3.05, 3.63) is 24.3 Å². The average molecular weight is 196 g/mol. The van der Waals surface area contributed by atoms with Gasteiger partial charge in [-0.25, -0.2) is 0 Å². The van der Waals surface area contributed by atoms with Gasteiger partial charge in [-0.05, 0) is 6.42 Å². The van der Waals surface area contributed by atoms with E-state index >= 15 is 0 Å². The molecule has 0 aromatic rings. The molecule has 1 heterocycles. The van der Waals surface area contributed by atoms with Crippen LogP contribution in [0.15, 0.2) is 24.3 Å². The molecule has 0 aromatic heterocycles. The first-order valence-corrected chi connectivity index (χ1v) is 5.01. The zero-order chi connectivity index (χ0) is 9.80. The smallest absolute Gasteiger partial charge is 0.167 e. The summed E-state index contributed by atoms with van der Waals surface area (Å²) in [5, 5.41) is 0. The zero-order valence-electron chi connectivity index (χ0n) is 8.39. The summed E-state index contributed by atoms with van der Waals surface area (Å²) in [6.45, 7) is 1.41. The highest BCUT2D eigenvalue weighted by Crippen LogP contribution is 2.23. The van der Waals surface area contributed by atoms with Gasteiger partial charge in [0.2, 0.25) is 0 Å². The molecular weight excluding hydrogens is 180 g/mol. The van der Waals surface area contributed by atoms with E-state index in [9.17, 15) is 0 Å². The topological polar surface area (TPSA) is 27.7 Å². The molecule has 0 radical (unpaired) electrons. The summed E-state index contributed by atoms with van der Waals surface area (Å²) in [6, 6.07) is 0. The predicted octanol–water partition coefficient (Wildman–Crippen LogP) is 1.51. The lowest BCUT2D eigenvalue weighted by Gasteiger charge is -2.32. The standard InChI is InChI=1S/C11H16O3/c1-12-8-10-6-7-13-11(14-10)9-4-2-3-5-9/h2-5,9-11H,6-8H2,1H3/t10-,11-/m0/s1. The molecule has 78 valence electrons. The first kappa shape index (κ1) is 9.90. The molecule has 3 nitrogen and oxygen atoms in total.